The van der Waals surface area contributed by atoms with E-state index in [1.54, 1.807) is 47.4 Å². The molecule has 170 valence electrons. The zero-order chi connectivity index (χ0) is 23.7. The fourth-order valence-electron chi connectivity index (χ4n) is 3.90. The molecule has 0 amide bonds. The van der Waals surface area contributed by atoms with Gasteiger partial charge in [-0.15, -0.1) is 0 Å². The maximum Gasteiger partial charge on any atom is 0.335 e. The Labute approximate surface area is 200 Å². The Bertz CT molecular complexity index is 1320. The number of thiazole rings is 1. The van der Waals surface area contributed by atoms with E-state index in [2.05, 4.69) is 42.4 Å². The molecule has 6 nitrogen and oxygen atoms in total. The number of hydrogen-bond donors (Lipinski definition) is 2. The Morgan fingerprint density at radius 1 is 1.03 bits per heavy atom. The molecule has 3 aromatic rings. The number of carboxylic acids is 2. The molecule has 0 fully saturated rings. The van der Waals surface area contributed by atoms with Gasteiger partial charge in [0.25, 0.3) is 5.01 Å². The molecule has 0 spiro atoms. The molecule has 0 unspecified atom stereocenters. The van der Waals surface area contributed by atoms with Crippen LogP contribution in [0.15, 0.2) is 58.0 Å². The number of aromatic nitrogens is 1. The fraction of sp³-hybridized carbons (Fsp3) is 0.240. The molecule has 0 aliphatic carbocycles. The van der Waals surface area contributed by atoms with Gasteiger partial charge in [-0.2, -0.15) is 4.57 Å². The van der Waals surface area contributed by atoms with Gasteiger partial charge in [-0.3, -0.25) is 0 Å². The van der Waals surface area contributed by atoms with Crippen molar-refractivity contribution in [1.29, 1.82) is 0 Å². The largest absolute Gasteiger partial charge is 0.478 e. The summed E-state index contributed by atoms with van der Waals surface area (Å²) in [5, 5.41) is 20.9. The number of allylic oxidation sites excluding steroid dienone is 2. The van der Waals surface area contributed by atoms with Gasteiger partial charge in [-0.1, -0.05) is 30.0 Å². The molecular weight excluding hydrogens is 456 g/mol. The molecular formula is C25H25N2O4S2+. The van der Waals surface area contributed by atoms with Gasteiger partial charge >= 0.3 is 11.9 Å². The number of nitrogens with zero attached hydrogens (tertiary/aromatic N) is 2. The Balaban J connectivity index is 1.74. The molecule has 2 N–H and O–H groups in total. The third-order valence-corrected chi connectivity index (χ3v) is 7.84. The van der Waals surface area contributed by atoms with E-state index in [9.17, 15) is 19.8 Å². The Morgan fingerprint density at radius 3 is 2.36 bits per heavy atom. The van der Waals surface area contributed by atoms with Gasteiger partial charge in [0.15, 0.2) is 0 Å². The highest BCUT2D eigenvalue weighted by Gasteiger charge is 2.26. The molecule has 4 rings (SSSR count). The fourth-order valence-corrected chi connectivity index (χ4v) is 6.26. The first-order chi connectivity index (χ1) is 15.9. The van der Waals surface area contributed by atoms with Gasteiger partial charge in [0.2, 0.25) is 5.52 Å². The van der Waals surface area contributed by atoms with Crippen molar-refractivity contribution in [3.63, 3.8) is 0 Å². The first-order valence-corrected chi connectivity index (χ1v) is 12.4. The lowest BCUT2D eigenvalue weighted by Gasteiger charge is -2.18. The van der Waals surface area contributed by atoms with Gasteiger partial charge in [0.05, 0.1) is 21.8 Å². The summed E-state index contributed by atoms with van der Waals surface area (Å²) in [5.41, 5.74) is 3.58. The number of anilines is 1. The van der Waals surface area contributed by atoms with Gasteiger partial charge in [0, 0.05) is 23.6 Å². The van der Waals surface area contributed by atoms with E-state index in [1.807, 2.05) is 12.1 Å². The van der Waals surface area contributed by atoms with Gasteiger partial charge in [-0.05, 0) is 62.2 Å². The number of aryl methyl sites for hydroxylation is 1. The normalized spacial score (nSPS) is 14.8. The maximum absolute atomic E-state index is 11.4. The SMILES string of the molecule is CCC(=C/c1sc2ccc(C(=O)O)cc2[n+]1CC)/C=C1/Sc2ccc(C(=O)O)cc2N1CC. The molecule has 1 aromatic heterocycles. The third-order valence-electron chi connectivity index (χ3n) is 5.61. The second kappa shape index (κ2) is 9.41. The maximum atomic E-state index is 11.4. The summed E-state index contributed by atoms with van der Waals surface area (Å²) < 4.78 is 3.20. The summed E-state index contributed by atoms with van der Waals surface area (Å²) >= 11 is 3.30. The molecule has 0 saturated carbocycles. The second-order valence-corrected chi connectivity index (χ2v) is 9.69. The van der Waals surface area contributed by atoms with Crippen molar-refractivity contribution in [3.05, 3.63) is 69.2 Å². The lowest BCUT2D eigenvalue weighted by Crippen LogP contribution is -2.33. The second-order valence-electron chi connectivity index (χ2n) is 7.56. The Kier molecular flexibility index (Phi) is 6.58. The minimum absolute atomic E-state index is 0.287. The van der Waals surface area contributed by atoms with Crippen molar-refractivity contribution in [3.8, 4) is 0 Å². The molecule has 1 aliphatic heterocycles. The minimum atomic E-state index is -0.926. The molecule has 0 radical (unpaired) electrons. The van der Waals surface area contributed by atoms with Crippen LogP contribution in [0.1, 0.15) is 52.9 Å². The monoisotopic (exact) mass is 481 g/mol. The smallest absolute Gasteiger partial charge is 0.335 e. The van der Waals surface area contributed by atoms with Gasteiger partial charge < -0.3 is 15.1 Å². The van der Waals surface area contributed by atoms with Crippen molar-refractivity contribution in [1.82, 2.24) is 0 Å². The standard InChI is InChI=1S/C25H24N2O4S2/c1-4-15(11-22-26(5-2)18-13-16(24(28)29)7-9-20(18)32-22)12-23-27(6-3)19-14-17(25(30)31)8-10-21(19)33-23/h7-14H,4-6H2,1-3H3,(H-,28,29,30,31)/p+1. The van der Waals surface area contributed by atoms with Crippen molar-refractivity contribution in [2.45, 2.75) is 38.6 Å². The van der Waals surface area contributed by atoms with Crippen LogP contribution in [0.2, 0.25) is 0 Å². The molecule has 0 bridgehead atoms. The molecule has 2 aromatic carbocycles. The van der Waals surface area contributed by atoms with Crippen molar-refractivity contribution in [2.75, 3.05) is 11.4 Å². The Hall–Kier alpha value is -3.10. The number of thioether (sulfide) groups is 1. The highest BCUT2D eigenvalue weighted by molar-refractivity contribution is 8.03. The van der Waals surface area contributed by atoms with E-state index >= 15 is 0 Å². The van der Waals surface area contributed by atoms with Crippen molar-refractivity contribution < 1.29 is 24.4 Å². The topological polar surface area (TPSA) is 81.7 Å². The number of hydrogen-bond acceptors (Lipinski definition) is 5. The Morgan fingerprint density at radius 2 is 1.73 bits per heavy atom. The van der Waals surface area contributed by atoms with Crippen molar-refractivity contribution in [2.24, 2.45) is 0 Å². The summed E-state index contributed by atoms with van der Waals surface area (Å²) in [4.78, 5) is 26.0. The highest BCUT2D eigenvalue weighted by Crippen LogP contribution is 2.46. The van der Waals surface area contributed by atoms with E-state index in [4.69, 9.17) is 0 Å². The molecule has 0 atom stereocenters. The van der Waals surface area contributed by atoms with E-state index in [0.29, 0.717) is 0 Å². The van der Waals surface area contributed by atoms with E-state index < -0.39 is 11.9 Å². The quantitative estimate of drug-likeness (QED) is 0.411. The van der Waals surface area contributed by atoms with Crippen LogP contribution in [0.5, 0.6) is 0 Å². The molecule has 1 aliphatic rings. The summed E-state index contributed by atoms with van der Waals surface area (Å²) in [6, 6.07) is 10.5. The molecule has 2 heterocycles. The van der Waals surface area contributed by atoms with Crippen LogP contribution in [0.3, 0.4) is 0 Å². The average Bonchev–Trinajstić information content (AvgIpc) is 3.33. The summed E-state index contributed by atoms with van der Waals surface area (Å²) in [7, 11) is 0. The van der Waals surface area contributed by atoms with Crippen LogP contribution in [0, 0.1) is 0 Å². The average molecular weight is 482 g/mol. The number of fused-ring (bicyclic) bond motifs is 2. The predicted molar refractivity (Wildman–Crippen MR) is 133 cm³/mol. The minimum Gasteiger partial charge on any atom is -0.478 e. The summed E-state index contributed by atoms with van der Waals surface area (Å²) in [5.74, 6) is -1.85. The number of carboxylic acid groups (broad SMARTS) is 2. The van der Waals surface area contributed by atoms with Gasteiger partial charge in [0.1, 0.15) is 11.2 Å². The van der Waals surface area contributed by atoms with E-state index in [0.717, 1.165) is 55.9 Å². The number of benzene rings is 2. The van der Waals surface area contributed by atoms with Crippen LogP contribution >= 0.6 is 23.1 Å². The van der Waals surface area contributed by atoms with E-state index in [-0.39, 0.29) is 11.1 Å². The number of aromatic carboxylic acids is 2. The lowest BCUT2D eigenvalue weighted by molar-refractivity contribution is -0.665. The molecule has 0 saturated heterocycles. The molecule has 8 heteroatoms. The van der Waals surface area contributed by atoms with Gasteiger partial charge in [-0.25, -0.2) is 9.59 Å². The summed E-state index contributed by atoms with van der Waals surface area (Å²) in [6.07, 6.45) is 5.17. The first-order valence-electron chi connectivity index (χ1n) is 10.8. The predicted octanol–water partition coefficient (Wildman–Crippen LogP) is 5.87. The lowest BCUT2D eigenvalue weighted by atomic mass is 10.1. The van der Waals surface area contributed by atoms with Crippen molar-refractivity contribution >= 4 is 57.0 Å². The van der Waals surface area contributed by atoms with E-state index in [1.165, 1.54) is 0 Å². The van der Waals surface area contributed by atoms with Crippen LogP contribution in [-0.4, -0.2) is 28.7 Å². The van der Waals surface area contributed by atoms with Crippen LogP contribution < -0.4 is 9.47 Å². The van der Waals surface area contributed by atoms with Crippen LogP contribution in [-0.2, 0) is 6.54 Å². The summed E-state index contributed by atoms with van der Waals surface area (Å²) in [6.45, 7) is 7.71. The third kappa shape index (κ3) is 4.41. The van der Waals surface area contributed by atoms with Crippen LogP contribution in [0.4, 0.5) is 5.69 Å². The number of carbonyl (C=O) groups is 2. The first kappa shape index (κ1) is 23.1. The zero-order valence-electron chi connectivity index (χ0n) is 18.7. The highest BCUT2D eigenvalue weighted by atomic mass is 32.2. The zero-order valence-corrected chi connectivity index (χ0v) is 20.3. The molecule has 33 heavy (non-hydrogen) atoms. The van der Waals surface area contributed by atoms with Crippen LogP contribution in [0.25, 0.3) is 16.3 Å². The number of rotatable bonds is 7.